The van der Waals surface area contributed by atoms with Crippen LogP contribution in [0.15, 0.2) is 48.5 Å². The van der Waals surface area contributed by atoms with Crippen molar-refractivity contribution in [2.45, 2.75) is 44.4 Å². The Morgan fingerprint density at radius 1 is 1.09 bits per heavy atom. The van der Waals surface area contributed by atoms with E-state index in [1.807, 2.05) is 12.1 Å². The summed E-state index contributed by atoms with van der Waals surface area (Å²) in [5, 5.41) is 16.8. The van der Waals surface area contributed by atoms with Crippen LogP contribution in [-0.2, 0) is 21.7 Å². The predicted octanol–water partition coefficient (Wildman–Crippen LogP) is 4.52. The van der Waals surface area contributed by atoms with E-state index in [1.165, 1.54) is 0 Å². The van der Waals surface area contributed by atoms with Gasteiger partial charge in [0.15, 0.2) is 5.72 Å². The molecule has 5 aromatic rings. The van der Waals surface area contributed by atoms with Gasteiger partial charge in [-0.1, -0.05) is 36.4 Å². The number of hydrogen-bond acceptors (Lipinski definition) is 4. The van der Waals surface area contributed by atoms with Crippen molar-refractivity contribution in [3.05, 3.63) is 59.7 Å². The van der Waals surface area contributed by atoms with E-state index in [2.05, 4.69) is 57.8 Å². The highest BCUT2D eigenvalue weighted by molar-refractivity contribution is 6.31. The van der Waals surface area contributed by atoms with Gasteiger partial charge in [0.05, 0.1) is 27.6 Å². The van der Waals surface area contributed by atoms with E-state index in [4.69, 9.17) is 9.47 Å². The van der Waals surface area contributed by atoms with Crippen molar-refractivity contribution in [2.24, 2.45) is 0 Å². The van der Waals surface area contributed by atoms with Crippen LogP contribution in [0.25, 0.3) is 43.6 Å². The molecule has 3 aliphatic heterocycles. The van der Waals surface area contributed by atoms with Crippen molar-refractivity contribution in [3.8, 4) is 0 Å². The van der Waals surface area contributed by atoms with Crippen molar-refractivity contribution in [2.75, 3.05) is 13.2 Å². The zero-order chi connectivity index (χ0) is 23.5. The van der Waals surface area contributed by atoms with Crippen molar-refractivity contribution in [1.82, 2.24) is 14.5 Å². The normalized spacial score (nSPS) is 24.8. The Kier molecular flexibility index (Phi) is 3.77. The van der Waals surface area contributed by atoms with Gasteiger partial charge in [-0.25, -0.2) is 0 Å². The third-order valence-electron chi connectivity index (χ3n) is 8.26. The highest BCUT2D eigenvalue weighted by Gasteiger charge is 2.52. The zero-order valence-corrected chi connectivity index (χ0v) is 19.4. The van der Waals surface area contributed by atoms with Crippen LogP contribution in [0.1, 0.15) is 41.9 Å². The number of nitrogens with one attached hydrogen (secondary N) is 1. The smallest absolute Gasteiger partial charge is 0.252 e. The van der Waals surface area contributed by atoms with Gasteiger partial charge in [0.25, 0.3) is 5.91 Å². The SMILES string of the molecule is CC12OC(CC1OCCCO)n1c3ccccc3c3c4c(c5c6ccccc6n2c5c31)CNC4=O. The molecule has 3 aromatic carbocycles. The van der Waals surface area contributed by atoms with E-state index in [-0.39, 0.29) is 24.8 Å². The van der Waals surface area contributed by atoms with Crippen LogP contribution in [0.5, 0.6) is 0 Å². The number of ether oxygens (including phenoxy) is 2. The van der Waals surface area contributed by atoms with Crippen LogP contribution in [0.2, 0.25) is 0 Å². The highest BCUT2D eigenvalue weighted by Crippen LogP contribution is 2.54. The van der Waals surface area contributed by atoms with Crippen LogP contribution >= 0.6 is 0 Å². The summed E-state index contributed by atoms with van der Waals surface area (Å²) in [6.45, 7) is 3.22. The van der Waals surface area contributed by atoms with Crippen molar-refractivity contribution < 1.29 is 19.4 Å². The first-order valence-corrected chi connectivity index (χ1v) is 12.3. The maximum Gasteiger partial charge on any atom is 0.252 e. The maximum atomic E-state index is 13.2. The third-order valence-corrected chi connectivity index (χ3v) is 8.26. The van der Waals surface area contributed by atoms with Gasteiger partial charge >= 0.3 is 0 Å². The third kappa shape index (κ3) is 2.25. The fourth-order valence-corrected chi connectivity index (χ4v) is 6.91. The fraction of sp³-hybridized carbons (Fsp3) is 0.321. The highest BCUT2D eigenvalue weighted by atomic mass is 16.6. The van der Waals surface area contributed by atoms with Crippen molar-refractivity contribution in [3.63, 3.8) is 0 Å². The minimum atomic E-state index is -0.737. The molecule has 0 aliphatic carbocycles. The summed E-state index contributed by atoms with van der Waals surface area (Å²) in [7, 11) is 0. The molecule has 2 N–H and O–H groups in total. The Bertz CT molecular complexity index is 1730. The molecule has 1 saturated heterocycles. The summed E-state index contributed by atoms with van der Waals surface area (Å²) >= 11 is 0. The minimum absolute atomic E-state index is 0.00613. The first-order chi connectivity index (χ1) is 17.1. The molecule has 8 rings (SSSR count). The molecular weight excluding hydrogens is 442 g/mol. The number of carbonyl (C=O) groups is 1. The molecule has 7 nitrogen and oxygen atoms in total. The molecule has 2 bridgehead atoms. The molecule has 0 spiro atoms. The minimum Gasteiger partial charge on any atom is -0.396 e. The molecule has 35 heavy (non-hydrogen) atoms. The lowest BCUT2D eigenvalue weighted by atomic mass is 9.96. The number of para-hydroxylation sites is 2. The molecule has 3 unspecified atom stereocenters. The summed E-state index contributed by atoms with van der Waals surface area (Å²) < 4.78 is 18.0. The van der Waals surface area contributed by atoms with E-state index in [1.54, 1.807) is 0 Å². The fourth-order valence-electron chi connectivity index (χ4n) is 6.91. The standard InChI is InChI=1S/C28H25N3O4/c1-28-20(34-12-6-11-32)13-21(35-28)30-18-9-4-2-7-15(18)23-24-17(14-29-27(24)33)22-16-8-3-5-10-19(16)31(28)26(22)25(23)30/h2-5,7-10,20-21,32H,6,11-14H2,1H3,(H,29,33). The zero-order valence-electron chi connectivity index (χ0n) is 19.4. The van der Waals surface area contributed by atoms with E-state index in [0.717, 1.165) is 54.7 Å². The molecule has 3 atom stereocenters. The molecule has 0 saturated carbocycles. The molecule has 1 amide bonds. The molecule has 1 fully saturated rings. The van der Waals surface area contributed by atoms with Gasteiger partial charge in [-0.3, -0.25) is 4.79 Å². The number of aromatic nitrogens is 2. The molecule has 7 heteroatoms. The quantitative estimate of drug-likeness (QED) is 0.381. The van der Waals surface area contributed by atoms with Crippen LogP contribution < -0.4 is 5.32 Å². The average Bonchev–Trinajstić information content (AvgIpc) is 3.57. The number of carbonyl (C=O) groups excluding carboxylic acids is 1. The molecule has 176 valence electrons. The van der Waals surface area contributed by atoms with Crippen LogP contribution in [0.3, 0.4) is 0 Å². The first kappa shape index (κ1) is 19.9. The summed E-state index contributed by atoms with van der Waals surface area (Å²) in [6, 6.07) is 16.7. The Morgan fingerprint density at radius 2 is 1.83 bits per heavy atom. The number of amides is 1. The Morgan fingerprint density at radius 3 is 2.63 bits per heavy atom. The van der Waals surface area contributed by atoms with Gasteiger partial charge < -0.3 is 29.0 Å². The second-order valence-corrected chi connectivity index (χ2v) is 10.0. The summed E-state index contributed by atoms with van der Waals surface area (Å²) in [5.74, 6) is -0.00613. The van der Waals surface area contributed by atoms with Gasteiger partial charge in [0.2, 0.25) is 0 Å². The molecular formula is C28H25N3O4. The van der Waals surface area contributed by atoms with Gasteiger partial charge in [0.1, 0.15) is 12.3 Å². The lowest BCUT2D eigenvalue weighted by Crippen LogP contribution is -2.41. The molecule has 2 aromatic heterocycles. The molecule has 5 heterocycles. The number of aliphatic hydroxyl groups is 1. The number of nitrogens with zero attached hydrogens (tertiary/aromatic N) is 2. The number of rotatable bonds is 4. The monoisotopic (exact) mass is 467 g/mol. The second kappa shape index (κ2) is 6.63. The van der Waals surface area contributed by atoms with E-state index in [9.17, 15) is 9.90 Å². The Labute approximate surface area is 200 Å². The van der Waals surface area contributed by atoms with Crippen molar-refractivity contribution >= 4 is 49.5 Å². The average molecular weight is 468 g/mol. The van der Waals surface area contributed by atoms with Gasteiger partial charge in [-0.05, 0) is 31.0 Å². The van der Waals surface area contributed by atoms with E-state index in [0.29, 0.717) is 26.0 Å². The van der Waals surface area contributed by atoms with Gasteiger partial charge in [0, 0.05) is 47.7 Å². The van der Waals surface area contributed by atoms with Crippen molar-refractivity contribution in [1.29, 1.82) is 0 Å². The van der Waals surface area contributed by atoms with Crippen LogP contribution in [0, 0.1) is 0 Å². The largest absolute Gasteiger partial charge is 0.396 e. The number of hydrogen-bond donors (Lipinski definition) is 2. The Hall–Kier alpha value is -3.39. The second-order valence-electron chi connectivity index (χ2n) is 10.0. The molecule has 0 radical (unpaired) electrons. The number of fused-ring (bicyclic) bond motifs is 13. The van der Waals surface area contributed by atoms with E-state index >= 15 is 0 Å². The summed E-state index contributed by atoms with van der Waals surface area (Å²) in [4.78, 5) is 13.2. The van der Waals surface area contributed by atoms with E-state index < -0.39 is 5.72 Å². The topological polar surface area (TPSA) is 77.7 Å². The first-order valence-electron chi connectivity index (χ1n) is 12.3. The summed E-state index contributed by atoms with van der Waals surface area (Å²) in [6.07, 6.45) is 0.862. The maximum absolute atomic E-state index is 13.2. The van der Waals surface area contributed by atoms with Crippen LogP contribution in [0.4, 0.5) is 0 Å². The lowest BCUT2D eigenvalue weighted by molar-refractivity contribution is -0.150. The molecule has 3 aliphatic rings. The summed E-state index contributed by atoms with van der Waals surface area (Å²) in [5.41, 5.74) is 5.44. The van der Waals surface area contributed by atoms with Gasteiger partial charge in [-0.15, -0.1) is 0 Å². The number of benzene rings is 3. The lowest BCUT2D eigenvalue weighted by Gasteiger charge is -2.33. The predicted molar refractivity (Wildman–Crippen MR) is 133 cm³/mol. The van der Waals surface area contributed by atoms with Crippen LogP contribution in [-0.4, -0.2) is 39.5 Å². The van der Waals surface area contributed by atoms with Gasteiger partial charge in [-0.2, -0.15) is 0 Å². The number of aliphatic hydroxyl groups excluding tert-OH is 1. The Balaban J connectivity index is 1.62.